The van der Waals surface area contributed by atoms with Crippen molar-refractivity contribution in [3.8, 4) is 16.9 Å². The zero-order valence-electron chi connectivity index (χ0n) is 11.1. The topological polar surface area (TPSA) is 26.3 Å². The fourth-order valence-corrected chi connectivity index (χ4v) is 2.63. The minimum atomic E-state index is -0.227. The number of hydrogen-bond donors (Lipinski definition) is 0. The lowest BCUT2D eigenvalue weighted by atomic mass is 9.95. The number of hydrogen-bond acceptors (Lipinski definition) is 2. The van der Waals surface area contributed by atoms with Gasteiger partial charge in [0.1, 0.15) is 11.4 Å². The molecule has 2 heteroatoms. The van der Waals surface area contributed by atoms with Crippen molar-refractivity contribution in [2.45, 2.75) is 25.9 Å². The Bertz CT molecular complexity index is 627. The lowest BCUT2D eigenvalue weighted by Gasteiger charge is -2.17. The number of ether oxygens (including phenoxy) is 1. The minimum Gasteiger partial charge on any atom is -0.486 e. The van der Waals surface area contributed by atoms with Gasteiger partial charge in [0.05, 0.1) is 5.56 Å². The van der Waals surface area contributed by atoms with E-state index in [9.17, 15) is 4.79 Å². The highest BCUT2D eigenvalue weighted by Crippen LogP contribution is 2.39. The van der Waals surface area contributed by atoms with Crippen LogP contribution in [0, 0.1) is 0 Å². The van der Waals surface area contributed by atoms with Crippen LogP contribution >= 0.6 is 0 Å². The number of fused-ring (bicyclic) bond motifs is 1. The Morgan fingerprint density at radius 2 is 1.84 bits per heavy atom. The second kappa shape index (κ2) is 4.23. The van der Waals surface area contributed by atoms with Crippen LogP contribution in [0.3, 0.4) is 0 Å². The van der Waals surface area contributed by atoms with Crippen LogP contribution in [-0.4, -0.2) is 11.9 Å². The van der Waals surface area contributed by atoms with Gasteiger partial charge in [0, 0.05) is 6.42 Å². The molecule has 0 saturated heterocycles. The molecule has 1 aliphatic rings. The van der Waals surface area contributed by atoms with Crippen LogP contribution in [0.2, 0.25) is 0 Å². The van der Waals surface area contributed by atoms with Gasteiger partial charge in [-0.25, -0.2) is 0 Å². The van der Waals surface area contributed by atoms with E-state index >= 15 is 0 Å². The summed E-state index contributed by atoms with van der Waals surface area (Å²) in [4.78, 5) is 11.3. The average Bonchev–Trinajstić information content (AvgIpc) is 2.72. The van der Waals surface area contributed by atoms with Crippen molar-refractivity contribution in [3.63, 3.8) is 0 Å². The second-order valence-corrected chi connectivity index (χ2v) is 5.58. The quantitative estimate of drug-likeness (QED) is 0.758. The van der Waals surface area contributed by atoms with Crippen molar-refractivity contribution >= 4 is 6.29 Å². The summed E-state index contributed by atoms with van der Waals surface area (Å²) in [6.45, 7) is 4.09. The summed E-state index contributed by atoms with van der Waals surface area (Å²) < 4.78 is 5.88. The summed E-state index contributed by atoms with van der Waals surface area (Å²) in [6.07, 6.45) is 1.72. The van der Waals surface area contributed by atoms with Gasteiger partial charge in [-0.2, -0.15) is 0 Å². The van der Waals surface area contributed by atoms with Gasteiger partial charge in [0.2, 0.25) is 0 Å². The van der Waals surface area contributed by atoms with Crippen molar-refractivity contribution in [1.29, 1.82) is 0 Å². The van der Waals surface area contributed by atoms with Gasteiger partial charge < -0.3 is 4.74 Å². The van der Waals surface area contributed by atoms with Crippen molar-refractivity contribution in [3.05, 3.63) is 53.6 Å². The van der Waals surface area contributed by atoms with Crippen LogP contribution in [0.25, 0.3) is 11.1 Å². The largest absolute Gasteiger partial charge is 0.486 e. The third-order valence-electron chi connectivity index (χ3n) is 3.42. The molecule has 0 aliphatic carbocycles. The Labute approximate surface area is 113 Å². The van der Waals surface area contributed by atoms with Gasteiger partial charge in [-0.1, -0.05) is 30.3 Å². The van der Waals surface area contributed by atoms with E-state index in [1.165, 1.54) is 0 Å². The molecule has 2 aromatic carbocycles. The zero-order valence-corrected chi connectivity index (χ0v) is 11.1. The Kier molecular flexibility index (Phi) is 2.67. The molecule has 19 heavy (non-hydrogen) atoms. The maximum atomic E-state index is 11.3. The van der Waals surface area contributed by atoms with E-state index in [0.29, 0.717) is 5.56 Å². The van der Waals surface area contributed by atoms with Crippen molar-refractivity contribution in [2.75, 3.05) is 0 Å². The van der Waals surface area contributed by atoms with E-state index in [1.807, 2.05) is 38.1 Å². The predicted molar refractivity (Wildman–Crippen MR) is 75.7 cm³/mol. The molecule has 2 nitrogen and oxygen atoms in total. The average molecular weight is 252 g/mol. The molecule has 0 fully saturated rings. The van der Waals surface area contributed by atoms with E-state index in [2.05, 4.69) is 18.2 Å². The number of carbonyl (C=O) groups excluding carboxylic acids is 1. The molecule has 0 radical (unpaired) electrons. The Morgan fingerprint density at radius 3 is 2.53 bits per heavy atom. The standard InChI is InChI=1S/C17H16O2/c1-17(2)10-14-8-13(12-6-4-3-5-7-12)9-15(11-18)16(14)19-17/h3-9,11H,10H2,1-2H3. The molecule has 0 N–H and O–H groups in total. The summed E-state index contributed by atoms with van der Waals surface area (Å²) in [5, 5.41) is 0. The Hall–Kier alpha value is -2.09. The van der Waals surface area contributed by atoms with Crippen LogP contribution in [-0.2, 0) is 6.42 Å². The molecule has 0 amide bonds. The van der Waals surface area contributed by atoms with E-state index in [0.717, 1.165) is 35.1 Å². The van der Waals surface area contributed by atoms with Gasteiger partial charge in [0.25, 0.3) is 0 Å². The number of benzene rings is 2. The van der Waals surface area contributed by atoms with E-state index < -0.39 is 0 Å². The molecule has 3 rings (SSSR count). The van der Waals surface area contributed by atoms with Crippen LogP contribution in [0.4, 0.5) is 0 Å². The molecule has 96 valence electrons. The molecule has 0 spiro atoms. The van der Waals surface area contributed by atoms with Gasteiger partial charge in [0.15, 0.2) is 6.29 Å². The highest BCUT2D eigenvalue weighted by molar-refractivity contribution is 5.84. The van der Waals surface area contributed by atoms with Crippen molar-refractivity contribution < 1.29 is 9.53 Å². The van der Waals surface area contributed by atoms with Crippen molar-refractivity contribution in [2.24, 2.45) is 0 Å². The van der Waals surface area contributed by atoms with E-state index in [-0.39, 0.29) is 5.60 Å². The van der Waals surface area contributed by atoms with Crippen LogP contribution < -0.4 is 4.74 Å². The maximum Gasteiger partial charge on any atom is 0.153 e. The predicted octanol–water partition coefficient (Wildman–Crippen LogP) is 3.88. The van der Waals surface area contributed by atoms with Crippen molar-refractivity contribution in [1.82, 2.24) is 0 Å². The van der Waals surface area contributed by atoms with Crippen LogP contribution in [0.5, 0.6) is 5.75 Å². The smallest absolute Gasteiger partial charge is 0.153 e. The lowest BCUT2D eigenvalue weighted by Crippen LogP contribution is -2.24. The highest BCUT2D eigenvalue weighted by atomic mass is 16.5. The van der Waals surface area contributed by atoms with Gasteiger partial charge >= 0.3 is 0 Å². The van der Waals surface area contributed by atoms with Gasteiger partial charge in [-0.15, -0.1) is 0 Å². The first-order chi connectivity index (χ1) is 9.09. The summed E-state index contributed by atoms with van der Waals surface area (Å²) in [5.41, 5.74) is 3.73. The van der Waals surface area contributed by atoms with E-state index in [1.54, 1.807) is 0 Å². The highest BCUT2D eigenvalue weighted by Gasteiger charge is 2.32. The summed E-state index contributed by atoms with van der Waals surface area (Å²) >= 11 is 0. The first kappa shape index (κ1) is 12.0. The summed E-state index contributed by atoms with van der Waals surface area (Å²) in [5.74, 6) is 0.750. The fourth-order valence-electron chi connectivity index (χ4n) is 2.63. The molecule has 0 atom stereocenters. The molecule has 0 unspecified atom stereocenters. The SMILES string of the molecule is CC1(C)Cc2cc(-c3ccccc3)cc(C=O)c2O1. The second-order valence-electron chi connectivity index (χ2n) is 5.58. The zero-order chi connectivity index (χ0) is 13.5. The molecule has 1 aliphatic heterocycles. The van der Waals surface area contributed by atoms with Gasteiger partial charge in [-0.3, -0.25) is 4.79 Å². The molecular weight excluding hydrogens is 236 g/mol. The number of aldehydes is 1. The molecule has 1 heterocycles. The minimum absolute atomic E-state index is 0.227. The first-order valence-electron chi connectivity index (χ1n) is 6.46. The Balaban J connectivity index is 2.14. The van der Waals surface area contributed by atoms with Crippen LogP contribution in [0.15, 0.2) is 42.5 Å². The lowest BCUT2D eigenvalue weighted by molar-refractivity contribution is 0.110. The number of carbonyl (C=O) groups is 1. The molecule has 0 aromatic heterocycles. The van der Waals surface area contributed by atoms with Gasteiger partial charge in [-0.05, 0) is 42.7 Å². The molecule has 2 aromatic rings. The molecular formula is C17H16O2. The molecule has 0 saturated carbocycles. The Morgan fingerprint density at radius 1 is 1.11 bits per heavy atom. The maximum absolute atomic E-state index is 11.3. The summed E-state index contributed by atoms with van der Waals surface area (Å²) in [7, 11) is 0. The monoisotopic (exact) mass is 252 g/mol. The normalized spacial score (nSPS) is 15.7. The third-order valence-corrected chi connectivity index (χ3v) is 3.42. The number of rotatable bonds is 2. The first-order valence-corrected chi connectivity index (χ1v) is 6.46. The summed E-state index contributed by atoms with van der Waals surface area (Å²) in [6, 6.07) is 14.1. The van der Waals surface area contributed by atoms with E-state index in [4.69, 9.17) is 4.74 Å². The molecule has 0 bridgehead atoms. The van der Waals surface area contributed by atoms with Crippen LogP contribution in [0.1, 0.15) is 29.8 Å². The fraction of sp³-hybridized carbons (Fsp3) is 0.235. The third kappa shape index (κ3) is 2.14.